The second-order valence-electron chi connectivity index (χ2n) is 7.56. The van der Waals surface area contributed by atoms with E-state index in [1.165, 1.54) is 12.7 Å². The van der Waals surface area contributed by atoms with Gasteiger partial charge in [0, 0.05) is 36.4 Å². The van der Waals surface area contributed by atoms with E-state index in [-0.39, 0.29) is 12.3 Å². The SMILES string of the molecule is CCCN1CC(C)C(COc2ccc(S(C)(=O)=NCCS(C)(=O)=O)cc2)C1. The smallest absolute Gasteiger partial charge is 0.149 e. The highest BCUT2D eigenvalue weighted by molar-refractivity contribution is 7.93. The molecule has 1 aliphatic rings. The van der Waals surface area contributed by atoms with E-state index < -0.39 is 19.6 Å². The maximum atomic E-state index is 12.7. The molecule has 0 aromatic heterocycles. The quantitative estimate of drug-likeness (QED) is 0.618. The second kappa shape index (κ2) is 9.39. The van der Waals surface area contributed by atoms with Crippen molar-refractivity contribution >= 4 is 19.6 Å². The lowest BCUT2D eigenvalue weighted by Crippen LogP contribution is -2.23. The van der Waals surface area contributed by atoms with E-state index in [9.17, 15) is 12.6 Å². The van der Waals surface area contributed by atoms with Crippen molar-refractivity contribution in [1.82, 2.24) is 4.90 Å². The van der Waals surface area contributed by atoms with Gasteiger partial charge in [0.1, 0.15) is 15.6 Å². The molecule has 0 aliphatic carbocycles. The molecule has 6 nitrogen and oxygen atoms in total. The molecule has 0 saturated carbocycles. The molecule has 1 aromatic carbocycles. The summed E-state index contributed by atoms with van der Waals surface area (Å²) in [6.07, 6.45) is 3.86. The Morgan fingerprint density at radius 2 is 1.81 bits per heavy atom. The molecule has 154 valence electrons. The van der Waals surface area contributed by atoms with Crippen LogP contribution in [0.4, 0.5) is 0 Å². The minimum atomic E-state index is -3.11. The van der Waals surface area contributed by atoms with Crippen molar-refractivity contribution in [2.75, 3.05) is 51.1 Å². The lowest BCUT2D eigenvalue weighted by atomic mass is 9.99. The Kier molecular flexibility index (Phi) is 7.71. The van der Waals surface area contributed by atoms with Crippen molar-refractivity contribution < 1.29 is 17.4 Å². The Hall–Kier alpha value is -1.12. The Morgan fingerprint density at radius 1 is 1.15 bits per heavy atom. The molecule has 27 heavy (non-hydrogen) atoms. The van der Waals surface area contributed by atoms with Crippen molar-refractivity contribution in [3.8, 4) is 5.75 Å². The fourth-order valence-electron chi connectivity index (χ4n) is 3.30. The third-order valence-corrected chi connectivity index (χ3v) is 7.65. The standard InChI is InChI=1S/C19H32N2O4S2/c1-5-11-21-13-16(2)17(14-21)15-25-18-6-8-19(9-7-18)27(4,24)20-10-12-26(3,22)23/h6-9,16-17H,5,10-15H2,1-4H3. The molecular weight excluding hydrogens is 384 g/mol. The predicted molar refractivity (Wildman–Crippen MR) is 111 cm³/mol. The number of rotatable bonds is 9. The van der Waals surface area contributed by atoms with Crippen LogP contribution in [0.25, 0.3) is 0 Å². The number of hydrogen-bond acceptors (Lipinski definition) is 6. The monoisotopic (exact) mass is 416 g/mol. The molecule has 1 aliphatic heterocycles. The number of ether oxygens (including phenoxy) is 1. The van der Waals surface area contributed by atoms with Crippen LogP contribution in [0.2, 0.25) is 0 Å². The van der Waals surface area contributed by atoms with Gasteiger partial charge in [-0.2, -0.15) is 0 Å². The molecule has 2 rings (SSSR count). The van der Waals surface area contributed by atoms with Gasteiger partial charge < -0.3 is 9.64 Å². The third-order valence-electron chi connectivity index (χ3n) is 4.91. The highest BCUT2D eigenvalue weighted by Crippen LogP contribution is 2.25. The molecular formula is C19H32N2O4S2. The first-order valence-corrected chi connectivity index (χ1v) is 13.4. The number of benzene rings is 1. The zero-order chi connectivity index (χ0) is 20.1. The van der Waals surface area contributed by atoms with E-state index in [2.05, 4.69) is 23.1 Å². The first-order valence-electron chi connectivity index (χ1n) is 9.41. The van der Waals surface area contributed by atoms with Gasteiger partial charge >= 0.3 is 0 Å². The largest absolute Gasteiger partial charge is 0.493 e. The molecule has 1 fully saturated rings. The molecule has 0 N–H and O–H groups in total. The summed E-state index contributed by atoms with van der Waals surface area (Å²) in [5.41, 5.74) is 0. The summed E-state index contributed by atoms with van der Waals surface area (Å²) in [7, 11) is -5.71. The van der Waals surface area contributed by atoms with Crippen LogP contribution in [0.15, 0.2) is 33.5 Å². The van der Waals surface area contributed by atoms with Crippen LogP contribution in [-0.2, 0) is 19.6 Å². The van der Waals surface area contributed by atoms with Crippen LogP contribution in [0.5, 0.6) is 5.75 Å². The number of likely N-dealkylation sites (tertiary alicyclic amines) is 1. The van der Waals surface area contributed by atoms with Crippen molar-refractivity contribution in [1.29, 1.82) is 0 Å². The first-order chi connectivity index (χ1) is 12.6. The topological polar surface area (TPSA) is 76.0 Å². The van der Waals surface area contributed by atoms with E-state index in [1.54, 1.807) is 12.1 Å². The second-order valence-corrected chi connectivity index (χ2v) is 12.2. The zero-order valence-electron chi connectivity index (χ0n) is 16.8. The van der Waals surface area contributed by atoms with Gasteiger partial charge in [0.05, 0.1) is 28.6 Å². The van der Waals surface area contributed by atoms with E-state index in [4.69, 9.17) is 4.74 Å². The molecule has 3 unspecified atom stereocenters. The van der Waals surface area contributed by atoms with Gasteiger partial charge in [0.2, 0.25) is 0 Å². The maximum absolute atomic E-state index is 12.7. The van der Waals surface area contributed by atoms with Crippen molar-refractivity contribution in [2.24, 2.45) is 16.2 Å². The summed E-state index contributed by atoms with van der Waals surface area (Å²) < 4.78 is 45.1. The molecule has 0 amide bonds. The van der Waals surface area contributed by atoms with E-state index >= 15 is 0 Å². The molecule has 1 saturated heterocycles. The Bertz CT molecular complexity index is 828. The van der Waals surface area contributed by atoms with Gasteiger partial charge in [-0.25, -0.2) is 17.0 Å². The Morgan fingerprint density at radius 3 is 2.41 bits per heavy atom. The fourth-order valence-corrected chi connectivity index (χ4v) is 5.07. The molecule has 0 spiro atoms. The van der Waals surface area contributed by atoms with Crippen LogP contribution >= 0.6 is 0 Å². The lowest BCUT2D eigenvalue weighted by Gasteiger charge is -2.16. The van der Waals surface area contributed by atoms with Crippen molar-refractivity contribution in [3.05, 3.63) is 24.3 Å². The summed E-state index contributed by atoms with van der Waals surface area (Å²) in [4.78, 5) is 3.08. The molecule has 1 heterocycles. The Labute approximate surface area is 164 Å². The summed E-state index contributed by atoms with van der Waals surface area (Å²) in [6, 6.07) is 7.13. The van der Waals surface area contributed by atoms with Gasteiger partial charge in [-0.3, -0.25) is 0 Å². The minimum absolute atomic E-state index is 0.0419. The van der Waals surface area contributed by atoms with Gasteiger partial charge in [0.15, 0.2) is 0 Å². The summed E-state index contributed by atoms with van der Waals surface area (Å²) in [5.74, 6) is 1.82. The number of sulfone groups is 1. The molecule has 0 bridgehead atoms. The number of nitrogens with zero attached hydrogens (tertiary/aromatic N) is 2. The summed E-state index contributed by atoms with van der Waals surface area (Å²) in [5, 5.41) is 0. The van der Waals surface area contributed by atoms with Crippen LogP contribution < -0.4 is 4.74 Å². The van der Waals surface area contributed by atoms with Crippen LogP contribution in [-0.4, -0.2) is 68.6 Å². The van der Waals surface area contributed by atoms with Gasteiger partial charge in [0.25, 0.3) is 0 Å². The molecule has 1 aromatic rings. The minimum Gasteiger partial charge on any atom is -0.493 e. The first kappa shape index (κ1) is 22.2. The van der Waals surface area contributed by atoms with Crippen LogP contribution in [0, 0.1) is 11.8 Å². The van der Waals surface area contributed by atoms with E-state index in [0.29, 0.717) is 23.3 Å². The van der Waals surface area contributed by atoms with Crippen LogP contribution in [0.3, 0.4) is 0 Å². The predicted octanol–water partition coefficient (Wildman–Crippen LogP) is 2.54. The van der Waals surface area contributed by atoms with Gasteiger partial charge in [-0.05, 0) is 43.1 Å². The number of hydrogen-bond donors (Lipinski definition) is 0. The van der Waals surface area contributed by atoms with E-state index in [1.807, 2.05) is 12.1 Å². The molecule has 8 heteroatoms. The van der Waals surface area contributed by atoms with E-state index in [0.717, 1.165) is 31.6 Å². The normalized spacial score (nSPS) is 23.1. The van der Waals surface area contributed by atoms with Gasteiger partial charge in [-0.15, -0.1) is 0 Å². The fraction of sp³-hybridized carbons (Fsp3) is 0.684. The zero-order valence-corrected chi connectivity index (χ0v) is 18.4. The highest BCUT2D eigenvalue weighted by Gasteiger charge is 2.29. The maximum Gasteiger partial charge on any atom is 0.149 e. The van der Waals surface area contributed by atoms with Crippen molar-refractivity contribution in [2.45, 2.75) is 25.2 Å². The molecule has 0 radical (unpaired) electrons. The van der Waals surface area contributed by atoms with Crippen molar-refractivity contribution in [3.63, 3.8) is 0 Å². The van der Waals surface area contributed by atoms with Gasteiger partial charge in [-0.1, -0.05) is 13.8 Å². The highest BCUT2D eigenvalue weighted by atomic mass is 32.2. The summed E-state index contributed by atoms with van der Waals surface area (Å²) in [6.45, 7) is 8.56. The average molecular weight is 417 g/mol. The lowest BCUT2D eigenvalue weighted by molar-refractivity contribution is 0.225. The van der Waals surface area contributed by atoms with Crippen LogP contribution in [0.1, 0.15) is 20.3 Å². The third kappa shape index (κ3) is 7.08. The molecule has 3 atom stereocenters. The summed E-state index contributed by atoms with van der Waals surface area (Å²) >= 11 is 0. The average Bonchev–Trinajstić information content (AvgIpc) is 2.92. The Balaban J connectivity index is 1.93.